The van der Waals surface area contributed by atoms with Crippen molar-refractivity contribution >= 4 is 56.0 Å². The number of benzene rings is 1. The Morgan fingerprint density at radius 1 is 1.04 bits per heavy atom. The van der Waals surface area contributed by atoms with Crippen LogP contribution in [0.1, 0.15) is 27.4 Å². The predicted octanol–water partition coefficient (Wildman–Crippen LogP) is 5.89. The van der Waals surface area contributed by atoms with Crippen LogP contribution in [0, 0.1) is 13.8 Å². The highest BCUT2D eigenvalue weighted by Gasteiger charge is 2.37. The summed E-state index contributed by atoms with van der Waals surface area (Å²) in [6, 6.07) is 7.77. The highest BCUT2D eigenvalue weighted by Crippen LogP contribution is 2.41. The molecule has 240 valence electrons. The molecule has 10 nitrogen and oxygen atoms in total. The molecule has 4 aromatic heterocycles. The van der Waals surface area contributed by atoms with Crippen molar-refractivity contribution in [3.8, 4) is 16.9 Å². The van der Waals surface area contributed by atoms with Crippen molar-refractivity contribution < 1.29 is 27.8 Å². The number of piperazine rings is 1. The number of hydrogen-bond donors (Lipinski definition) is 1. The highest BCUT2D eigenvalue weighted by molar-refractivity contribution is 7.18. The molecule has 5 aromatic rings. The van der Waals surface area contributed by atoms with Gasteiger partial charge in [-0.25, -0.2) is 14.8 Å². The maximum absolute atomic E-state index is 14.1. The van der Waals surface area contributed by atoms with Crippen LogP contribution in [0.15, 0.2) is 40.5 Å². The van der Waals surface area contributed by atoms with Gasteiger partial charge in [-0.1, -0.05) is 11.6 Å². The molecular weight excluding hydrogens is 645 g/mol. The fourth-order valence-electron chi connectivity index (χ4n) is 5.55. The zero-order chi connectivity index (χ0) is 32.9. The Kier molecular flexibility index (Phi) is 8.38. The smallest absolute Gasteiger partial charge is 0.420 e. The van der Waals surface area contributed by atoms with Gasteiger partial charge in [0.25, 0.3) is 5.56 Å². The SMILES string of the molecule is Cc1cc(-c2cc(Cl)ccc2OCCn2c(C)nc3cc(C(F)(F)F)c(N4CCN(C)CC4)nc3c2=O)c2scc(C(=O)O)c2n1. The van der Waals surface area contributed by atoms with Gasteiger partial charge in [0.05, 0.1) is 27.8 Å². The van der Waals surface area contributed by atoms with Crippen molar-refractivity contribution in [1.29, 1.82) is 0 Å². The molecule has 0 bridgehead atoms. The van der Waals surface area contributed by atoms with Gasteiger partial charge in [0.15, 0.2) is 5.52 Å². The summed E-state index contributed by atoms with van der Waals surface area (Å²) in [6.07, 6.45) is -4.67. The highest BCUT2D eigenvalue weighted by atomic mass is 35.5. The quantitative estimate of drug-likeness (QED) is 0.226. The van der Waals surface area contributed by atoms with Crippen molar-refractivity contribution in [3.63, 3.8) is 0 Å². The third kappa shape index (κ3) is 5.99. The number of alkyl halides is 3. The van der Waals surface area contributed by atoms with Crippen LogP contribution >= 0.6 is 22.9 Å². The van der Waals surface area contributed by atoms with Gasteiger partial charge in [-0.05, 0) is 51.2 Å². The number of aryl methyl sites for hydroxylation is 2. The Morgan fingerprint density at radius 3 is 2.48 bits per heavy atom. The molecular formula is C31H28ClF3N6O4S. The molecule has 1 N–H and O–H groups in total. The van der Waals surface area contributed by atoms with E-state index in [-0.39, 0.29) is 41.4 Å². The zero-order valence-corrected chi connectivity index (χ0v) is 26.6. The largest absolute Gasteiger partial charge is 0.491 e. The van der Waals surface area contributed by atoms with E-state index in [2.05, 4.69) is 15.0 Å². The Balaban J connectivity index is 1.33. The summed E-state index contributed by atoms with van der Waals surface area (Å²) in [6.45, 7) is 5.17. The summed E-state index contributed by atoms with van der Waals surface area (Å²) in [7, 11) is 1.90. The molecule has 0 radical (unpaired) electrons. The lowest BCUT2D eigenvalue weighted by atomic mass is 10.0. The Morgan fingerprint density at radius 2 is 1.78 bits per heavy atom. The second-order valence-electron chi connectivity index (χ2n) is 11.1. The van der Waals surface area contributed by atoms with Crippen LogP contribution in [0.3, 0.4) is 0 Å². The van der Waals surface area contributed by atoms with Crippen LogP contribution in [0.2, 0.25) is 5.02 Å². The van der Waals surface area contributed by atoms with E-state index < -0.39 is 23.3 Å². The lowest BCUT2D eigenvalue weighted by Gasteiger charge is -2.34. The van der Waals surface area contributed by atoms with Gasteiger partial charge in [-0.3, -0.25) is 14.3 Å². The number of hydrogen-bond acceptors (Lipinski definition) is 9. The standard InChI is InChI=1S/C31H28ClF3N6O4S/c1-16-12-20(27-25(36-16)21(15-46-27)30(43)44)19-13-18(32)4-5-24(19)45-11-10-41-17(2)37-23-14-22(31(33,34)35)28(38-26(23)29(41)42)40-8-6-39(3)7-9-40/h4-5,12-15H,6-11H2,1-3H3,(H,43,44). The molecule has 0 spiro atoms. The van der Waals surface area contributed by atoms with Crippen LogP contribution in [0.4, 0.5) is 19.0 Å². The van der Waals surface area contributed by atoms with Crippen molar-refractivity contribution in [2.45, 2.75) is 26.6 Å². The zero-order valence-electron chi connectivity index (χ0n) is 25.0. The summed E-state index contributed by atoms with van der Waals surface area (Å²) in [4.78, 5) is 42.0. The number of aromatic nitrogens is 4. The minimum Gasteiger partial charge on any atom is -0.491 e. The average molecular weight is 673 g/mol. The van der Waals surface area contributed by atoms with Gasteiger partial charge in [0.1, 0.15) is 29.6 Å². The first kappa shape index (κ1) is 31.7. The average Bonchev–Trinajstić information content (AvgIpc) is 3.42. The molecule has 0 amide bonds. The number of ether oxygens (including phenoxy) is 1. The topological polar surface area (TPSA) is 114 Å². The van der Waals surface area contributed by atoms with Gasteiger partial charge in [0.2, 0.25) is 0 Å². The lowest BCUT2D eigenvalue weighted by Crippen LogP contribution is -2.45. The van der Waals surface area contributed by atoms with Crippen molar-refractivity contribution in [2.24, 2.45) is 0 Å². The van der Waals surface area contributed by atoms with E-state index in [1.807, 2.05) is 18.0 Å². The number of nitrogens with zero attached hydrogens (tertiary/aromatic N) is 6. The van der Waals surface area contributed by atoms with Gasteiger partial charge >= 0.3 is 12.1 Å². The summed E-state index contributed by atoms with van der Waals surface area (Å²) >= 11 is 7.60. The molecule has 1 saturated heterocycles. The first-order valence-electron chi connectivity index (χ1n) is 14.3. The van der Waals surface area contributed by atoms with Gasteiger partial charge in [0, 0.05) is 53.4 Å². The summed E-state index contributed by atoms with van der Waals surface area (Å²) in [5, 5.41) is 11.6. The fraction of sp³-hybridized carbons (Fsp3) is 0.323. The first-order chi connectivity index (χ1) is 21.8. The fourth-order valence-corrected chi connectivity index (χ4v) is 6.73. The predicted molar refractivity (Wildman–Crippen MR) is 171 cm³/mol. The number of thiophene rings is 1. The van der Waals surface area contributed by atoms with Gasteiger partial charge in [-0.15, -0.1) is 11.3 Å². The number of aromatic carboxylic acids is 1. The Hall–Kier alpha value is -4.27. The van der Waals surface area contributed by atoms with E-state index in [1.54, 1.807) is 36.9 Å². The van der Waals surface area contributed by atoms with E-state index >= 15 is 0 Å². The molecule has 1 fully saturated rings. The Bertz CT molecular complexity index is 2060. The molecule has 0 unspecified atom stereocenters. The number of anilines is 1. The molecule has 0 saturated carbocycles. The third-order valence-corrected chi connectivity index (χ3v) is 9.13. The first-order valence-corrected chi connectivity index (χ1v) is 15.6. The summed E-state index contributed by atoms with van der Waals surface area (Å²) in [5.74, 6) is -0.706. The maximum atomic E-state index is 14.1. The lowest BCUT2D eigenvalue weighted by molar-refractivity contribution is -0.137. The maximum Gasteiger partial charge on any atom is 0.420 e. The van der Waals surface area contributed by atoms with E-state index in [9.17, 15) is 27.9 Å². The van der Waals surface area contributed by atoms with E-state index in [1.165, 1.54) is 21.3 Å². The molecule has 1 aliphatic heterocycles. The van der Waals surface area contributed by atoms with Crippen molar-refractivity contribution in [2.75, 3.05) is 44.7 Å². The third-order valence-electron chi connectivity index (χ3n) is 7.90. The van der Waals surface area contributed by atoms with Crippen LogP contribution < -0.4 is 15.2 Å². The van der Waals surface area contributed by atoms with Crippen LogP contribution in [0.25, 0.3) is 32.4 Å². The van der Waals surface area contributed by atoms with Crippen molar-refractivity contribution in [1.82, 2.24) is 24.4 Å². The molecule has 1 aromatic carbocycles. The molecule has 0 atom stereocenters. The van der Waals surface area contributed by atoms with Crippen LogP contribution in [-0.2, 0) is 12.7 Å². The second kappa shape index (κ2) is 12.2. The second-order valence-corrected chi connectivity index (χ2v) is 12.4. The summed E-state index contributed by atoms with van der Waals surface area (Å²) in [5.41, 5.74) is 0.599. The molecule has 6 rings (SSSR count). The number of fused-ring (bicyclic) bond motifs is 2. The Labute approximate surface area is 269 Å². The molecule has 46 heavy (non-hydrogen) atoms. The number of pyridine rings is 2. The van der Waals surface area contributed by atoms with E-state index in [0.717, 1.165) is 6.07 Å². The normalized spacial score (nSPS) is 14.4. The molecule has 1 aliphatic rings. The number of carbonyl (C=O) groups is 1. The minimum atomic E-state index is -4.67. The number of carboxylic acids is 1. The summed E-state index contributed by atoms with van der Waals surface area (Å²) < 4.78 is 50.4. The van der Waals surface area contributed by atoms with Crippen LogP contribution in [-0.4, -0.2) is 75.3 Å². The number of halogens is 4. The monoisotopic (exact) mass is 672 g/mol. The number of likely N-dealkylation sites (N-methyl/N-ethyl adjacent to an activating group) is 1. The molecule has 0 aliphatic carbocycles. The van der Waals surface area contributed by atoms with Crippen LogP contribution in [0.5, 0.6) is 5.75 Å². The minimum absolute atomic E-state index is 0.00649. The number of rotatable bonds is 7. The van der Waals surface area contributed by atoms with E-state index in [0.29, 0.717) is 64.0 Å². The van der Waals surface area contributed by atoms with Crippen molar-refractivity contribution in [3.05, 3.63) is 73.7 Å². The molecule has 15 heteroatoms. The van der Waals surface area contributed by atoms with Gasteiger partial charge < -0.3 is 19.6 Å². The van der Waals surface area contributed by atoms with E-state index in [4.69, 9.17) is 16.3 Å². The van der Waals surface area contributed by atoms with Gasteiger partial charge in [-0.2, -0.15) is 13.2 Å². The number of carboxylic acid groups (broad SMARTS) is 1. The molecule has 5 heterocycles.